The van der Waals surface area contributed by atoms with Gasteiger partial charge < -0.3 is 10.3 Å². The van der Waals surface area contributed by atoms with E-state index in [-0.39, 0.29) is 22.8 Å². The van der Waals surface area contributed by atoms with Crippen molar-refractivity contribution in [3.05, 3.63) is 5.53 Å². The summed E-state index contributed by atoms with van der Waals surface area (Å²) in [6.07, 6.45) is 10.0. The SMILES string of the molecule is C[C@@]12CCC[C@H]1[C@@H]1CCC3C(=[N+]=[N-])C(=O)C(C=O)C[C@]3(C)[C@@H]1CC2. The van der Waals surface area contributed by atoms with Crippen LogP contribution in [0.15, 0.2) is 0 Å². The quantitative estimate of drug-likeness (QED) is 0.319. The Kier molecular flexibility index (Phi) is 3.62. The highest BCUT2D eigenvalue weighted by Gasteiger charge is 2.63. The van der Waals surface area contributed by atoms with Crippen molar-refractivity contribution < 1.29 is 14.4 Å². The van der Waals surface area contributed by atoms with E-state index in [1.807, 2.05) is 0 Å². The molecule has 4 aliphatic carbocycles. The van der Waals surface area contributed by atoms with Gasteiger partial charge in [0.05, 0.1) is 11.8 Å². The van der Waals surface area contributed by atoms with Gasteiger partial charge in [0.15, 0.2) is 0 Å². The normalized spacial score (nSPS) is 50.5. The van der Waals surface area contributed by atoms with Crippen LogP contribution < -0.4 is 0 Å². The Morgan fingerprint density at radius 2 is 1.92 bits per heavy atom. The molecule has 0 aromatic heterocycles. The van der Waals surface area contributed by atoms with Crippen LogP contribution in [0.1, 0.15) is 65.2 Å². The molecule has 24 heavy (non-hydrogen) atoms. The summed E-state index contributed by atoms with van der Waals surface area (Å²) >= 11 is 0. The monoisotopic (exact) mass is 328 g/mol. The van der Waals surface area contributed by atoms with Crippen LogP contribution in [-0.4, -0.2) is 22.6 Å². The number of aldehydes is 1. The fraction of sp³-hybridized carbons (Fsp3) is 0.850. The van der Waals surface area contributed by atoms with Gasteiger partial charge in [-0.05, 0) is 73.5 Å². The van der Waals surface area contributed by atoms with E-state index in [1.54, 1.807) is 0 Å². The molecule has 0 aromatic rings. The van der Waals surface area contributed by atoms with E-state index < -0.39 is 5.92 Å². The number of hydrogen-bond acceptors (Lipinski definition) is 2. The second kappa shape index (κ2) is 5.36. The van der Waals surface area contributed by atoms with Crippen LogP contribution in [0.2, 0.25) is 0 Å². The lowest BCUT2D eigenvalue weighted by Crippen LogP contribution is -2.58. The summed E-state index contributed by atoms with van der Waals surface area (Å²) in [4.78, 5) is 27.3. The Morgan fingerprint density at radius 3 is 2.62 bits per heavy atom. The van der Waals surface area contributed by atoms with Gasteiger partial charge in [-0.3, -0.25) is 4.79 Å². The zero-order valence-corrected chi connectivity index (χ0v) is 14.8. The van der Waals surface area contributed by atoms with Crippen molar-refractivity contribution >= 4 is 17.8 Å². The number of hydrogen-bond donors (Lipinski definition) is 0. The molecule has 7 atom stereocenters. The van der Waals surface area contributed by atoms with E-state index in [9.17, 15) is 15.1 Å². The average molecular weight is 328 g/mol. The van der Waals surface area contributed by atoms with Gasteiger partial charge in [0, 0.05) is 0 Å². The zero-order valence-electron chi connectivity index (χ0n) is 14.8. The molecule has 4 aliphatic rings. The molecule has 0 radical (unpaired) electrons. The lowest BCUT2D eigenvalue weighted by atomic mass is 9.44. The van der Waals surface area contributed by atoms with Gasteiger partial charge in [-0.2, -0.15) is 4.79 Å². The molecule has 4 fully saturated rings. The molecule has 4 saturated carbocycles. The number of nitrogens with zero attached hydrogens (tertiary/aromatic N) is 2. The van der Waals surface area contributed by atoms with Crippen LogP contribution in [0.5, 0.6) is 0 Å². The van der Waals surface area contributed by atoms with Crippen molar-refractivity contribution in [1.29, 1.82) is 0 Å². The molecule has 0 bridgehead atoms. The van der Waals surface area contributed by atoms with Crippen LogP contribution in [-0.2, 0) is 9.59 Å². The summed E-state index contributed by atoms with van der Waals surface area (Å²) in [5, 5.41) is 0. The molecule has 0 amide bonds. The van der Waals surface area contributed by atoms with Crippen LogP contribution in [0.3, 0.4) is 0 Å². The second-order valence-electron chi connectivity index (χ2n) is 9.39. The molecular weight excluding hydrogens is 300 g/mol. The predicted molar refractivity (Wildman–Crippen MR) is 90.3 cm³/mol. The number of rotatable bonds is 1. The third kappa shape index (κ3) is 1.98. The van der Waals surface area contributed by atoms with Gasteiger partial charge in [0.2, 0.25) is 5.78 Å². The number of carbonyl (C=O) groups is 2. The lowest BCUT2D eigenvalue weighted by Gasteiger charge is -2.58. The highest BCUT2D eigenvalue weighted by Crippen LogP contribution is 2.65. The van der Waals surface area contributed by atoms with E-state index in [1.165, 1.54) is 32.1 Å². The van der Waals surface area contributed by atoms with Gasteiger partial charge >= 0.3 is 5.71 Å². The molecule has 0 saturated heterocycles. The number of fused-ring (bicyclic) bond motifs is 5. The molecule has 0 spiro atoms. The zero-order chi connectivity index (χ0) is 17.1. The molecule has 0 aliphatic heterocycles. The van der Waals surface area contributed by atoms with Gasteiger partial charge in [0.25, 0.3) is 0 Å². The van der Waals surface area contributed by atoms with Crippen LogP contribution in [0, 0.1) is 40.4 Å². The van der Waals surface area contributed by atoms with Gasteiger partial charge in [-0.25, -0.2) is 0 Å². The van der Waals surface area contributed by atoms with E-state index in [4.69, 9.17) is 0 Å². The van der Waals surface area contributed by atoms with Gasteiger partial charge in [-0.15, -0.1) is 0 Å². The smallest absolute Gasteiger partial charge is 0.338 e. The third-order valence-corrected chi connectivity index (χ3v) is 8.50. The maximum Gasteiger partial charge on any atom is 0.338 e. The first-order valence-electron chi connectivity index (χ1n) is 9.66. The van der Waals surface area contributed by atoms with E-state index >= 15 is 0 Å². The summed E-state index contributed by atoms with van der Waals surface area (Å²) in [6, 6.07) is 0. The van der Waals surface area contributed by atoms with Crippen molar-refractivity contribution in [2.45, 2.75) is 65.2 Å². The largest absolute Gasteiger partial charge is 0.361 e. The first-order chi connectivity index (χ1) is 11.4. The summed E-state index contributed by atoms with van der Waals surface area (Å²) in [5.74, 6) is 1.24. The molecule has 0 N–H and O–H groups in total. The summed E-state index contributed by atoms with van der Waals surface area (Å²) in [7, 11) is 0. The summed E-state index contributed by atoms with van der Waals surface area (Å²) < 4.78 is 0. The molecule has 4 rings (SSSR count). The van der Waals surface area contributed by atoms with Crippen molar-refractivity contribution in [2.75, 3.05) is 0 Å². The minimum absolute atomic E-state index is 0.0261. The van der Waals surface area contributed by atoms with Gasteiger partial charge in [0.1, 0.15) is 6.29 Å². The lowest BCUT2D eigenvalue weighted by molar-refractivity contribution is -0.142. The molecule has 0 aromatic carbocycles. The minimum Gasteiger partial charge on any atom is -0.361 e. The highest BCUT2D eigenvalue weighted by molar-refractivity contribution is 6.42. The Morgan fingerprint density at radius 1 is 1.12 bits per heavy atom. The Hall–Kier alpha value is -1.28. The van der Waals surface area contributed by atoms with Crippen LogP contribution in [0.25, 0.3) is 5.53 Å². The van der Waals surface area contributed by atoms with E-state index in [0.717, 1.165) is 25.0 Å². The van der Waals surface area contributed by atoms with E-state index in [0.29, 0.717) is 23.7 Å². The number of Topliss-reactive ketones (excluding diaryl/α,β-unsaturated/α-hetero) is 1. The average Bonchev–Trinajstić information content (AvgIpc) is 2.96. The Labute approximate surface area is 144 Å². The minimum atomic E-state index is -0.618. The molecule has 0 heterocycles. The topological polar surface area (TPSA) is 70.5 Å². The Bertz CT molecular complexity index is 638. The second-order valence-corrected chi connectivity index (χ2v) is 9.39. The fourth-order valence-corrected chi connectivity index (χ4v) is 7.35. The van der Waals surface area contributed by atoms with Crippen molar-refractivity contribution in [3.63, 3.8) is 0 Å². The molecule has 4 heteroatoms. The summed E-state index contributed by atoms with van der Waals surface area (Å²) in [5.41, 5.74) is 10.2. The fourth-order valence-electron chi connectivity index (χ4n) is 7.35. The van der Waals surface area contributed by atoms with Crippen molar-refractivity contribution in [1.82, 2.24) is 0 Å². The van der Waals surface area contributed by atoms with Gasteiger partial charge in [-0.1, -0.05) is 20.3 Å². The first-order valence-corrected chi connectivity index (χ1v) is 9.66. The highest BCUT2D eigenvalue weighted by atomic mass is 16.1. The number of ketones is 1. The molecule has 4 nitrogen and oxygen atoms in total. The standard InChI is InChI=1S/C20H28N2O2/c1-19-8-3-4-14(19)13-5-6-16-17(22-21)18(24)12(11-23)10-20(16,2)15(13)7-9-19/h11-16H,3-10H2,1-2H3/t12?,13-,14-,15+,16?,19-,20+/m0/s1. The molecule has 2 unspecified atom stereocenters. The van der Waals surface area contributed by atoms with Crippen LogP contribution in [0.4, 0.5) is 0 Å². The summed E-state index contributed by atoms with van der Waals surface area (Å²) in [6.45, 7) is 4.74. The number of carbonyl (C=O) groups excluding carboxylic acids is 2. The predicted octanol–water partition coefficient (Wildman–Crippen LogP) is 3.69. The van der Waals surface area contributed by atoms with Crippen molar-refractivity contribution in [3.8, 4) is 0 Å². The van der Waals surface area contributed by atoms with Crippen LogP contribution >= 0.6 is 0 Å². The first kappa shape index (κ1) is 16.2. The van der Waals surface area contributed by atoms with E-state index in [2.05, 4.69) is 18.6 Å². The molecule has 130 valence electrons. The van der Waals surface area contributed by atoms with Crippen molar-refractivity contribution in [2.24, 2.45) is 40.4 Å². The maximum atomic E-state index is 12.5. The molecular formula is C20H28N2O2. The Balaban J connectivity index is 1.73. The third-order valence-electron chi connectivity index (χ3n) is 8.50. The maximum absolute atomic E-state index is 12.5.